The smallest absolute Gasteiger partial charge is 0.339 e. The Kier molecular flexibility index (Phi) is 4.69. The molecule has 8 heteroatoms. The fraction of sp³-hybridized carbons (Fsp3) is 0.154. The Morgan fingerprint density at radius 1 is 1.33 bits per heavy atom. The van der Waals surface area contributed by atoms with Gasteiger partial charge in [0.15, 0.2) is 0 Å². The van der Waals surface area contributed by atoms with Gasteiger partial charge in [-0.1, -0.05) is 0 Å². The van der Waals surface area contributed by atoms with Crippen LogP contribution in [-0.2, 0) is 16.6 Å². The lowest BCUT2D eigenvalue weighted by atomic mass is 10.2. The Labute approximate surface area is 135 Å². The molecule has 6 nitrogen and oxygen atoms in total. The first-order valence-corrected chi connectivity index (χ1v) is 8.43. The van der Waals surface area contributed by atoms with Crippen molar-refractivity contribution in [2.75, 3.05) is 0 Å². The van der Waals surface area contributed by atoms with Crippen molar-refractivity contribution >= 4 is 38.6 Å². The summed E-state index contributed by atoms with van der Waals surface area (Å²) in [7, 11) is -3.66. The summed E-state index contributed by atoms with van der Waals surface area (Å²) < 4.78 is 32.7. The predicted molar refractivity (Wildman–Crippen MR) is 83.6 cm³/mol. The molecule has 0 radical (unpaired) electrons. The molecule has 0 aliphatic rings. The molecule has 1 aromatic carbocycles. The number of hydrogen-bond acceptors (Lipinski definition) is 4. The lowest BCUT2D eigenvalue weighted by Crippen LogP contribution is -2.23. The third-order valence-corrected chi connectivity index (χ3v) is 4.90. The molecule has 0 unspecified atom stereocenters. The van der Waals surface area contributed by atoms with E-state index in [2.05, 4.69) is 27.3 Å². The lowest BCUT2D eigenvalue weighted by Gasteiger charge is -2.05. The normalized spacial score (nSPS) is 11.5. The van der Waals surface area contributed by atoms with Crippen LogP contribution in [0.25, 0.3) is 0 Å². The number of aromatic carboxylic acids is 1. The fourth-order valence-electron chi connectivity index (χ4n) is 1.71. The van der Waals surface area contributed by atoms with E-state index in [1.807, 2.05) is 0 Å². The Bertz CT molecular complexity index is 764. The largest absolute Gasteiger partial charge is 0.478 e. The van der Waals surface area contributed by atoms with Crippen molar-refractivity contribution in [1.29, 1.82) is 0 Å². The van der Waals surface area contributed by atoms with Crippen LogP contribution >= 0.6 is 22.6 Å². The zero-order chi connectivity index (χ0) is 15.6. The van der Waals surface area contributed by atoms with Crippen molar-refractivity contribution in [1.82, 2.24) is 4.72 Å². The number of sulfonamides is 1. The molecule has 0 saturated carbocycles. The highest BCUT2D eigenvalue weighted by Gasteiger charge is 2.17. The van der Waals surface area contributed by atoms with Gasteiger partial charge in [0.25, 0.3) is 0 Å². The number of benzene rings is 1. The lowest BCUT2D eigenvalue weighted by molar-refractivity contribution is 0.0695. The summed E-state index contributed by atoms with van der Waals surface area (Å²) in [5, 5.41) is 8.91. The van der Waals surface area contributed by atoms with Crippen LogP contribution in [0.15, 0.2) is 39.6 Å². The molecule has 1 heterocycles. The van der Waals surface area contributed by atoms with Gasteiger partial charge in [-0.15, -0.1) is 0 Å². The highest BCUT2D eigenvalue weighted by atomic mass is 127. The van der Waals surface area contributed by atoms with Crippen molar-refractivity contribution in [2.24, 2.45) is 0 Å². The molecule has 21 heavy (non-hydrogen) atoms. The van der Waals surface area contributed by atoms with Crippen LogP contribution in [0.4, 0.5) is 0 Å². The fourth-order valence-corrected chi connectivity index (χ4v) is 3.06. The van der Waals surface area contributed by atoms with E-state index >= 15 is 0 Å². The standard InChI is InChI=1S/C13H12INO5S/c1-8-12(13(16)17)6-10(20-8)7-15-21(18,19)11-4-2-9(14)3-5-11/h2-6,15H,7H2,1H3,(H,16,17). The second-order valence-corrected chi connectivity index (χ2v) is 7.28. The van der Waals surface area contributed by atoms with Gasteiger partial charge < -0.3 is 9.52 Å². The minimum absolute atomic E-state index is 0.0264. The first-order valence-electron chi connectivity index (χ1n) is 5.87. The summed E-state index contributed by atoms with van der Waals surface area (Å²) in [6.45, 7) is 1.41. The summed E-state index contributed by atoms with van der Waals surface area (Å²) in [6.07, 6.45) is 0. The third-order valence-electron chi connectivity index (χ3n) is 2.76. The number of carbonyl (C=O) groups is 1. The Morgan fingerprint density at radius 2 is 1.95 bits per heavy atom. The van der Waals surface area contributed by atoms with Crippen molar-refractivity contribution in [2.45, 2.75) is 18.4 Å². The monoisotopic (exact) mass is 421 g/mol. The van der Waals surface area contributed by atoms with E-state index in [0.717, 1.165) is 3.57 Å². The molecule has 0 aliphatic heterocycles. The average Bonchev–Trinajstić information content (AvgIpc) is 2.79. The molecule has 0 saturated heterocycles. The van der Waals surface area contributed by atoms with Crippen LogP contribution in [0.5, 0.6) is 0 Å². The van der Waals surface area contributed by atoms with Gasteiger partial charge in [0.2, 0.25) is 10.0 Å². The summed E-state index contributed by atoms with van der Waals surface area (Å²) in [6, 6.07) is 7.69. The Balaban J connectivity index is 2.13. The molecule has 0 atom stereocenters. The van der Waals surface area contributed by atoms with Gasteiger partial charge in [-0.25, -0.2) is 17.9 Å². The molecule has 2 aromatic rings. The number of nitrogens with one attached hydrogen (secondary N) is 1. The summed E-state index contributed by atoms with van der Waals surface area (Å²) >= 11 is 2.08. The van der Waals surface area contributed by atoms with Crippen molar-refractivity contribution < 1.29 is 22.7 Å². The number of carboxylic acids is 1. The Morgan fingerprint density at radius 3 is 2.48 bits per heavy atom. The van der Waals surface area contributed by atoms with Gasteiger partial charge in [0, 0.05) is 3.57 Å². The molecule has 2 rings (SSSR count). The maximum absolute atomic E-state index is 12.1. The second-order valence-electron chi connectivity index (χ2n) is 4.27. The van der Waals surface area contributed by atoms with Gasteiger partial charge >= 0.3 is 5.97 Å². The first kappa shape index (κ1) is 16.0. The molecule has 0 fully saturated rings. The predicted octanol–water partition coefficient (Wildman–Crippen LogP) is 2.37. The summed E-state index contributed by atoms with van der Waals surface area (Å²) in [5.74, 6) is -0.618. The molecule has 0 aliphatic carbocycles. The van der Waals surface area contributed by atoms with E-state index in [-0.39, 0.29) is 28.5 Å². The zero-order valence-corrected chi connectivity index (χ0v) is 13.9. The van der Waals surface area contributed by atoms with Gasteiger partial charge in [-0.3, -0.25) is 0 Å². The van der Waals surface area contributed by atoms with Crippen LogP contribution in [0.2, 0.25) is 0 Å². The minimum Gasteiger partial charge on any atom is -0.478 e. The van der Waals surface area contributed by atoms with Gasteiger partial charge in [-0.05, 0) is 59.8 Å². The quantitative estimate of drug-likeness (QED) is 0.723. The SMILES string of the molecule is Cc1oc(CNS(=O)(=O)c2ccc(I)cc2)cc1C(=O)O. The third kappa shape index (κ3) is 3.83. The highest BCUT2D eigenvalue weighted by Crippen LogP contribution is 2.16. The number of carboxylic acid groups (broad SMARTS) is 1. The number of aryl methyl sites for hydroxylation is 1. The molecule has 0 amide bonds. The van der Waals surface area contributed by atoms with E-state index in [1.54, 1.807) is 12.1 Å². The minimum atomic E-state index is -3.66. The van der Waals surface area contributed by atoms with Gasteiger partial charge in [0.05, 0.1) is 11.4 Å². The summed E-state index contributed by atoms with van der Waals surface area (Å²) in [5.41, 5.74) is 0.0264. The van der Waals surface area contributed by atoms with Crippen LogP contribution in [0, 0.1) is 10.5 Å². The zero-order valence-electron chi connectivity index (χ0n) is 11.0. The molecule has 0 bridgehead atoms. The van der Waals surface area contributed by atoms with Crippen LogP contribution in [0.1, 0.15) is 21.9 Å². The van der Waals surface area contributed by atoms with Gasteiger partial charge in [-0.2, -0.15) is 0 Å². The van der Waals surface area contributed by atoms with Crippen molar-refractivity contribution in [3.63, 3.8) is 0 Å². The van der Waals surface area contributed by atoms with Crippen LogP contribution in [0.3, 0.4) is 0 Å². The van der Waals surface area contributed by atoms with Crippen molar-refractivity contribution in [3.05, 3.63) is 51.0 Å². The molecule has 0 spiro atoms. The van der Waals surface area contributed by atoms with E-state index in [9.17, 15) is 13.2 Å². The van der Waals surface area contributed by atoms with Crippen LogP contribution in [-0.4, -0.2) is 19.5 Å². The maximum Gasteiger partial charge on any atom is 0.339 e. The van der Waals surface area contributed by atoms with E-state index in [4.69, 9.17) is 9.52 Å². The second kappa shape index (κ2) is 6.16. The Hall–Kier alpha value is -1.39. The highest BCUT2D eigenvalue weighted by molar-refractivity contribution is 14.1. The van der Waals surface area contributed by atoms with E-state index in [0.29, 0.717) is 0 Å². The summed E-state index contributed by atoms with van der Waals surface area (Å²) in [4.78, 5) is 11.0. The van der Waals surface area contributed by atoms with Gasteiger partial charge in [0.1, 0.15) is 17.1 Å². The maximum atomic E-state index is 12.1. The van der Waals surface area contributed by atoms with Crippen molar-refractivity contribution in [3.8, 4) is 0 Å². The topological polar surface area (TPSA) is 96.6 Å². The number of halogens is 1. The average molecular weight is 421 g/mol. The van der Waals surface area contributed by atoms with Crippen LogP contribution < -0.4 is 4.72 Å². The molecule has 2 N–H and O–H groups in total. The van der Waals surface area contributed by atoms with E-state index < -0.39 is 16.0 Å². The number of furan rings is 1. The molecular weight excluding hydrogens is 409 g/mol. The molecule has 1 aromatic heterocycles. The molecule has 112 valence electrons. The van der Waals surface area contributed by atoms with E-state index in [1.165, 1.54) is 25.1 Å². The number of hydrogen-bond donors (Lipinski definition) is 2. The molecular formula is C13H12INO5S. The number of rotatable bonds is 5. The first-order chi connectivity index (χ1) is 9.79.